The van der Waals surface area contributed by atoms with Crippen molar-refractivity contribution in [1.29, 1.82) is 0 Å². The lowest BCUT2D eigenvalue weighted by Crippen LogP contribution is -2.47. The van der Waals surface area contributed by atoms with Crippen molar-refractivity contribution in [3.8, 4) is 0 Å². The van der Waals surface area contributed by atoms with E-state index in [-0.39, 0.29) is 5.92 Å². The molecule has 2 aliphatic rings. The molecule has 0 aliphatic heterocycles. The summed E-state index contributed by atoms with van der Waals surface area (Å²) in [7, 11) is 0. The summed E-state index contributed by atoms with van der Waals surface area (Å²) in [5.41, 5.74) is -0.408. The summed E-state index contributed by atoms with van der Waals surface area (Å²) in [4.78, 5) is 12.9. The third kappa shape index (κ3) is 2.96. The molecule has 2 aliphatic carbocycles. The van der Waals surface area contributed by atoms with Crippen LogP contribution in [0.15, 0.2) is 0 Å². The molecule has 2 nitrogen and oxygen atoms in total. The van der Waals surface area contributed by atoms with Crippen molar-refractivity contribution in [2.24, 2.45) is 11.8 Å². The summed E-state index contributed by atoms with van der Waals surface area (Å²) in [6.07, 6.45) is 10.2. The lowest BCUT2D eigenvalue weighted by Gasteiger charge is -2.39. The molecule has 2 unspecified atom stereocenters. The molecule has 2 fully saturated rings. The van der Waals surface area contributed by atoms with Crippen LogP contribution in [0.3, 0.4) is 0 Å². The smallest absolute Gasteiger partial charge is 0.167 e. The maximum atomic E-state index is 12.9. The minimum absolute atomic E-state index is 0.276. The summed E-state index contributed by atoms with van der Waals surface area (Å²) in [6, 6.07) is 0. The van der Waals surface area contributed by atoms with Gasteiger partial charge in [0.1, 0.15) is 5.60 Å². The molecule has 0 bridgehead atoms. The molecule has 0 saturated heterocycles. The van der Waals surface area contributed by atoms with Crippen molar-refractivity contribution in [2.75, 3.05) is 6.61 Å². The highest BCUT2D eigenvalue weighted by Crippen LogP contribution is 2.39. The number of ether oxygens (including phenoxy) is 1. The average Bonchev–Trinajstić information content (AvgIpc) is 2.39. The van der Waals surface area contributed by atoms with Crippen molar-refractivity contribution in [2.45, 2.75) is 77.2 Å². The third-order valence-corrected chi connectivity index (χ3v) is 4.84. The molecule has 104 valence electrons. The Hall–Kier alpha value is -0.370. The number of hydrogen-bond donors (Lipinski definition) is 0. The molecule has 0 heterocycles. The molecule has 0 amide bonds. The highest BCUT2D eigenvalue weighted by atomic mass is 16.5. The van der Waals surface area contributed by atoms with Crippen LogP contribution >= 0.6 is 0 Å². The van der Waals surface area contributed by atoms with E-state index < -0.39 is 5.60 Å². The van der Waals surface area contributed by atoms with E-state index in [4.69, 9.17) is 4.74 Å². The third-order valence-electron chi connectivity index (χ3n) is 4.84. The highest BCUT2D eigenvalue weighted by Gasteiger charge is 2.43. The lowest BCUT2D eigenvalue weighted by molar-refractivity contribution is -0.154. The molecule has 0 aromatic carbocycles. The Balaban J connectivity index is 2.07. The standard InChI is InChI=1S/C16H28O2/c1-3-18-16(10-5-4-6-11-16)15(17)14-9-7-8-13(2)12-14/h13-14H,3-12H2,1-2H3. The number of hydrogen-bond acceptors (Lipinski definition) is 2. The number of Topliss-reactive ketones (excluding diaryl/α,β-unsaturated/α-hetero) is 1. The Kier molecular flexibility index (Phi) is 4.83. The van der Waals surface area contributed by atoms with Gasteiger partial charge in [-0.15, -0.1) is 0 Å². The van der Waals surface area contributed by atoms with Gasteiger partial charge in [-0.3, -0.25) is 4.79 Å². The first kappa shape index (κ1) is 14.0. The number of rotatable bonds is 4. The van der Waals surface area contributed by atoms with Crippen LogP contribution in [0.4, 0.5) is 0 Å². The molecule has 0 spiro atoms. The second kappa shape index (κ2) is 6.18. The molecule has 2 atom stereocenters. The Morgan fingerprint density at radius 3 is 2.50 bits per heavy atom. The van der Waals surface area contributed by atoms with Crippen LogP contribution in [-0.2, 0) is 9.53 Å². The van der Waals surface area contributed by atoms with Crippen LogP contribution in [0.2, 0.25) is 0 Å². The molecular weight excluding hydrogens is 224 g/mol. The van der Waals surface area contributed by atoms with Gasteiger partial charge in [0.25, 0.3) is 0 Å². The lowest BCUT2D eigenvalue weighted by atomic mass is 9.71. The zero-order valence-corrected chi connectivity index (χ0v) is 12.0. The van der Waals surface area contributed by atoms with Crippen LogP contribution in [0, 0.1) is 11.8 Å². The van der Waals surface area contributed by atoms with Crippen molar-refractivity contribution in [3.05, 3.63) is 0 Å². The summed E-state index contributed by atoms with van der Waals surface area (Å²) >= 11 is 0. The molecule has 0 aromatic heterocycles. The Bertz CT molecular complexity index is 273. The van der Waals surface area contributed by atoms with Gasteiger partial charge in [-0.05, 0) is 38.5 Å². The fourth-order valence-corrected chi connectivity index (χ4v) is 3.91. The highest BCUT2D eigenvalue weighted by molar-refractivity contribution is 5.89. The van der Waals surface area contributed by atoms with E-state index in [0.717, 1.165) is 44.4 Å². The van der Waals surface area contributed by atoms with E-state index in [0.29, 0.717) is 12.4 Å². The Morgan fingerprint density at radius 2 is 1.89 bits per heavy atom. The largest absolute Gasteiger partial charge is 0.367 e. The van der Waals surface area contributed by atoms with Gasteiger partial charge < -0.3 is 4.74 Å². The average molecular weight is 252 g/mol. The predicted octanol–water partition coefficient (Wildman–Crippen LogP) is 4.12. The van der Waals surface area contributed by atoms with Gasteiger partial charge in [-0.2, -0.15) is 0 Å². The summed E-state index contributed by atoms with van der Waals surface area (Å²) in [5, 5.41) is 0. The van der Waals surface area contributed by atoms with Crippen LogP contribution in [0.1, 0.15) is 71.6 Å². The molecule has 2 heteroatoms. The first-order valence-electron chi connectivity index (χ1n) is 7.86. The molecular formula is C16H28O2. The maximum Gasteiger partial charge on any atom is 0.167 e. The predicted molar refractivity (Wildman–Crippen MR) is 73.6 cm³/mol. The van der Waals surface area contributed by atoms with Crippen LogP contribution in [-0.4, -0.2) is 18.0 Å². The molecule has 0 N–H and O–H groups in total. The van der Waals surface area contributed by atoms with Gasteiger partial charge in [0, 0.05) is 12.5 Å². The minimum atomic E-state index is -0.408. The van der Waals surface area contributed by atoms with Gasteiger partial charge in [0.2, 0.25) is 0 Å². The topological polar surface area (TPSA) is 26.3 Å². The molecule has 0 radical (unpaired) electrons. The van der Waals surface area contributed by atoms with Crippen LogP contribution < -0.4 is 0 Å². The van der Waals surface area contributed by atoms with Gasteiger partial charge in [-0.25, -0.2) is 0 Å². The van der Waals surface area contributed by atoms with Gasteiger partial charge >= 0.3 is 0 Å². The van der Waals surface area contributed by atoms with Gasteiger partial charge in [0.15, 0.2) is 5.78 Å². The fourth-order valence-electron chi connectivity index (χ4n) is 3.91. The van der Waals surface area contributed by atoms with Crippen molar-refractivity contribution in [1.82, 2.24) is 0 Å². The molecule has 2 rings (SSSR count). The van der Waals surface area contributed by atoms with Crippen LogP contribution in [0.5, 0.6) is 0 Å². The molecule has 0 aromatic rings. The second-order valence-electron chi connectivity index (χ2n) is 6.32. The zero-order valence-electron chi connectivity index (χ0n) is 12.0. The first-order valence-corrected chi connectivity index (χ1v) is 7.86. The summed E-state index contributed by atoms with van der Waals surface area (Å²) < 4.78 is 5.97. The summed E-state index contributed by atoms with van der Waals surface area (Å²) in [6.45, 7) is 4.98. The van der Waals surface area contributed by atoms with Crippen molar-refractivity contribution in [3.63, 3.8) is 0 Å². The van der Waals surface area contributed by atoms with E-state index in [1.807, 2.05) is 6.92 Å². The Morgan fingerprint density at radius 1 is 1.17 bits per heavy atom. The van der Waals surface area contributed by atoms with E-state index >= 15 is 0 Å². The maximum absolute atomic E-state index is 12.9. The summed E-state index contributed by atoms with van der Waals surface area (Å²) in [5.74, 6) is 1.43. The van der Waals surface area contributed by atoms with Crippen molar-refractivity contribution < 1.29 is 9.53 Å². The van der Waals surface area contributed by atoms with Crippen LogP contribution in [0.25, 0.3) is 0 Å². The molecule has 18 heavy (non-hydrogen) atoms. The molecule has 2 saturated carbocycles. The minimum Gasteiger partial charge on any atom is -0.367 e. The number of carbonyl (C=O) groups is 1. The number of ketones is 1. The fraction of sp³-hybridized carbons (Fsp3) is 0.938. The van der Waals surface area contributed by atoms with E-state index in [9.17, 15) is 4.79 Å². The SMILES string of the molecule is CCOC1(C(=O)C2CCCC(C)C2)CCCCC1. The normalized spacial score (nSPS) is 32.1. The second-order valence-corrected chi connectivity index (χ2v) is 6.32. The van der Waals surface area contributed by atoms with E-state index in [2.05, 4.69) is 6.92 Å². The van der Waals surface area contributed by atoms with E-state index in [1.165, 1.54) is 19.3 Å². The number of carbonyl (C=O) groups excluding carboxylic acids is 1. The van der Waals surface area contributed by atoms with E-state index in [1.54, 1.807) is 0 Å². The first-order chi connectivity index (χ1) is 8.68. The zero-order chi connectivity index (χ0) is 13.0. The monoisotopic (exact) mass is 252 g/mol. The van der Waals surface area contributed by atoms with Gasteiger partial charge in [0.05, 0.1) is 0 Å². The van der Waals surface area contributed by atoms with Gasteiger partial charge in [-0.1, -0.05) is 39.0 Å². The quantitative estimate of drug-likeness (QED) is 0.752. The Labute approximate surface area is 111 Å². The van der Waals surface area contributed by atoms with Crippen molar-refractivity contribution >= 4 is 5.78 Å².